The number of non-ortho nitro benzene ring substituents is 1. The van der Waals surface area contributed by atoms with Crippen molar-refractivity contribution < 1.29 is 24.4 Å². The molecule has 35 heavy (non-hydrogen) atoms. The third kappa shape index (κ3) is 6.16. The Hall–Kier alpha value is -3.46. The van der Waals surface area contributed by atoms with Crippen LogP contribution in [0.3, 0.4) is 0 Å². The minimum absolute atomic E-state index is 0.0137. The number of anilines is 1. The molecular weight excluding hydrogens is 450 g/mol. The van der Waals surface area contributed by atoms with E-state index in [0.717, 1.165) is 19.3 Å². The molecule has 2 aromatic carbocycles. The number of nitro benzene ring substituents is 1. The summed E-state index contributed by atoms with van der Waals surface area (Å²) in [5, 5.41) is 23.9. The van der Waals surface area contributed by atoms with Crippen molar-refractivity contribution in [2.75, 3.05) is 11.5 Å². The Bertz CT molecular complexity index is 1050. The van der Waals surface area contributed by atoms with E-state index in [-0.39, 0.29) is 24.7 Å². The van der Waals surface area contributed by atoms with Gasteiger partial charge in [-0.25, -0.2) is 0 Å². The fourth-order valence-electron chi connectivity index (χ4n) is 4.94. The lowest BCUT2D eigenvalue weighted by atomic mass is 9.85. The van der Waals surface area contributed by atoms with Gasteiger partial charge in [0.1, 0.15) is 24.4 Å². The van der Waals surface area contributed by atoms with Crippen LogP contribution in [0.5, 0.6) is 5.75 Å². The smallest absolute Gasteiger partial charge is 0.320 e. The van der Waals surface area contributed by atoms with Gasteiger partial charge in [-0.1, -0.05) is 56.4 Å². The molecule has 1 aliphatic carbocycles. The number of carbonyl (C=O) groups excluding carboxylic acids is 1. The number of ether oxygens (including phenoxy) is 1. The zero-order valence-corrected chi connectivity index (χ0v) is 19.6. The van der Waals surface area contributed by atoms with Crippen molar-refractivity contribution in [3.63, 3.8) is 0 Å². The molecule has 1 saturated carbocycles. The van der Waals surface area contributed by atoms with Crippen LogP contribution in [-0.2, 0) is 16.1 Å². The molecule has 2 atom stereocenters. The summed E-state index contributed by atoms with van der Waals surface area (Å²) in [5.41, 5.74) is 1.27. The van der Waals surface area contributed by atoms with Crippen LogP contribution < -0.4 is 15.0 Å². The first kappa shape index (κ1) is 24.7. The summed E-state index contributed by atoms with van der Waals surface area (Å²) in [5.74, 6) is -0.202. The van der Waals surface area contributed by atoms with E-state index in [2.05, 4.69) is 5.32 Å². The quantitative estimate of drug-likeness (QED) is 0.405. The maximum absolute atomic E-state index is 13.6. The van der Waals surface area contributed by atoms with Crippen molar-refractivity contribution in [3.8, 4) is 5.75 Å². The lowest BCUT2D eigenvalue weighted by Gasteiger charge is -2.28. The summed E-state index contributed by atoms with van der Waals surface area (Å²) in [7, 11) is 0. The van der Waals surface area contributed by atoms with Gasteiger partial charge >= 0.3 is 5.97 Å². The number of para-hydroxylation sites is 2. The van der Waals surface area contributed by atoms with Crippen LogP contribution in [-0.4, -0.2) is 40.6 Å². The molecule has 2 aliphatic rings. The van der Waals surface area contributed by atoms with Crippen molar-refractivity contribution in [1.29, 1.82) is 0 Å². The lowest BCUT2D eigenvalue weighted by molar-refractivity contribution is -0.384. The predicted molar refractivity (Wildman–Crippen MR) is 130 cm³/mol. The Labute approximate surface area is 204 Å². The number of aliphatic carboxylic acids is 1. The van der Waals surface area contributed by atoms with Crippen LogP contribution in [0.1, 0.15) is 50.5 Å². The number of carbonyl (C=O) groups is 2. The third-order valence-electron chi connectivity index (χ3n) is 6.90. The molecule has 2 N–H and O–H groups in total. The highest BCUT2D eigenvalue weighted by atomic mass is 16.6. The molecule has 4 rings (SSSR count). The van der Waals surface area contributed by atoms with Gasteiger partial charge in [-0.15, -0.1) is 0 Å². The number of amides is 1. The van der Waals surface area contributed by atoms with Crippen molar-refractivity contribution in [1.82, 2.24) is 5.32 Å². The Morgan fingerprint density at radius 1 is 1.14 bits per heavy atom. The fourth-order valence-corrected chi connectivity index (χ4v) is 4.94. The SMILES string of the molecule is O=C(O)[C@H](CCC1CCCCC1)NC1COc2ccccc2N(Cc2ccc([N+](=O)[O-])cc2)C1=O. The average Bonchev–Trinajstić information content (AvgIpc) is 2.99. The van der Waals surface area contributed by atoms with Crippen LogP contribution in [0.2, 0.25) is 0 Å². The van der Waals surface area contributed by atoms with Crippen LogP contribution >= 0.6 is 0 Å². The number of nitrogens with zero attached hydrogens (tertiary/aromatic N) is 2. The summed E-state index contributed by atoms with van der Waals surface area (Å²) in [6.07, 6.45) is 7.18. The van der Waals surface area contributed by atoms with Crippen LogP contribution in [0.15, 0.2) is 48.5 Å². The second-order valence-electron chi connectivity index (χ2n) is 9.32. The number of carboxylic acids is 1. The van der Waals surface area contributed by atoms with Gasteiger partial charge in [0.15, 0.2) is 0 Å². The second-order valence-corrected chi connectivity index (χ2v) is 9.32. The van der Waals surface area contributed by atoms with Gasteiger partial charge in [0.05, 0.1) is 17.2 Å². The summed E-state index contributed by atoms with van der Waals surface area (Å²) in [4.78, 5) is 37.7. The summed E-state index contributed by atoms with van der Waals surface area (Å²) in [6, 6.07) is 11.5. The first-order valence-electron chi connectivity index (χ1n) is 12.2. The normalized spacial score (nSPS) is 19.4. The monoisotopic (exact) mass is 481 g/mol. The Kier molecular flexibility index (Phi) is 7.97. The average molecular weight is 482 g/mol. The number of carboxylic acid groups (broad SMARTS) is 1. The van der Waals surface area contributed by atoms with Gasteiger partial charge in [-0.3, -0.25) is 25.0 Å². The van der Waals surface area contributed by atoms with Crippen molar-refractivity contribution >= 4 is 23.3 Å². The summed E-state index contributed by atoms with van der Waals surface area (Å²) < 4.78 is 5.92. The molecule has 0 bridgehead atoms. The Morgan fingerprint density at radius 2 is 1.86 bits per heavy atom. The predicted octanol–water partition coefficient (Wildman–Crippen LogP) is 4.29. The number of fused-ring (bicyclic) bond motifs is 1. The number of nitrogens with one attached hydrogen (secondary N) is 1. The van der Waals surface area contributed by atoms with Crippen molar-refractivity contribution in [2.24, 2.45) is 5.92 Å². The molecule has 0 radical (unpaired) electrons. The van der Waals surface area contributed by atoms with Crippen LogP contribution in [0.25, 0.3) is 0 Å². The maximum Gasteiger partial charge on any atom is 0.320 e. The number of nitro groups is 1. The zero-order valence-electron chi connectivity index (χ0n) is 19.6. The molecular formula is C26H31N3O6. The molecule has 0 aromatic heterocycles. The summed E-state index contributed by atoms with van der Waals surface area (Å²) >= 11 is 0. The highest BCUT2D eigenvalue weighted by Crippen LogP contribution is 2.33. The molecule has 1 amide bonds. The maximum atomic E-state index is 13.6. The second kappa shape index (κ2) is 11.3. The highest BCUT2D eigenvalue weighted by molar-refractivity contribution is 5.99. The number of hydrogen-bond donors (Lipinski definition) is 2. The third-order valence-corrected chi connectivity index (χ3v) is 6.90. The first-order valence-corrected chi connectivity index (χ1v) is 12.2. The van der Waals surface area contributed by atoms with E-state index in [1.54, 1.807) is 35.2 Å². The summed E-state index contributed by atoms with van der Waals surface area (Å²) in [6.45, 7) is 0.189. The van der Waals surface area contributed by atoms with Gasteiger partial charge in [-0.05, 0) is 36.5 Å². The van der Waals surface area contributed by atoms with Gasteiger partial charge in [0.2, 0.25) is 5.91 Å². The largest absolute Gasteiger partial charge is 0.489 e. The van der Waals surface area contributed by atoms with Gasteiger partial charge < -0.3 is 14.7 Å². The standard InChI is InChI=1S/C26H31N3O6/c30-25-22(27-21(26(31)32)15-12-18-6-2-1-3-7-18)17-35-24-9-5-4-8-23(24)28(25)16-19-10-13-20(14-11-19)29(33)34/h4-5,8-11,13-14,18,21-22,27H,1-3,6-7,12,15-17H2,(H,31,32)/t21-,22?/m0/s1. The Balaban J connectivity index is 1.51. The molecule has 1 fully saturated rings. The van der Waals surface area contributed by atoms with E-state index >= 15 is 0 Å². The number of hydrogen-bond acceptors (Lipinski definition) is 6. The lowest BCUT2D eigenvalue weighted by Crippen LogP contribution is -2.53. The molecule has 1 heterocycles. The van der Waals surface area contributed by atoms with E-state index in [1.165, 1.54) is 31.4 Å². The van der Waals surface area contributed by atoms with E-state index in [9.17, 15) is 24.8 Å². The topological polar surface area (TPSA) is 122 Å². The van der Waals surface area contributed by atoms with Crippen molar-refractivity contribution in [2.45, 2.75) is 63.6 Å². The Morgan fingerprint density at radius 3 is 2.54 bits per heavy atom. The van der Waals surface area contributed by atoms with E-state index in [0.29, 0.717) is 29.3 Å². The molecule has 1 aliphatic heterocycles. The van der Waals surface area contributed by atoms with Crippen molar-refractivity contribution in [3.05, 3.63) is 64.2 Å². The van der Waals surface area contributed by atoms with Gasteiger partial charge in [0, 0.05) is 12.1 Å². The molecule has 0 saturated heterocycles. The van der Waals surface area contributed by atoms with Crippen LogP contribution in [0, 0.1) is 16.0 Å². The minimum atomic E-state index is -0.975. The fraction of sp³-hybridized carbons (Fsp3) is 0.462. The molecule has 2 aromatic rings. The van der Waals surface area contributed by atoms with Gasteiger partial charge in [-0.2, -0.15) is 0 Å². The van der Waals surface area contributed by atoms with Crippen LogP contribution in [0.4, 0.5) is 11.4 Å². The molecule has 9 nitrogen and oxygen atoms in total. The number of benzene rings is 2. The highest BCUT2D eigenvalue weighted by Gasteiger charge is 2.34. The number of rotatable bonds is 9. The first-order chi connectivity index (χ1) is 16.9. The molecule has 1 unspecified atom stereocenters. The molecule has 9 heteroatoms. The molecule has 0 spiro atoms. The minimum Gasteiger partial charge on any atom is -0.489 e. The van der Waals surface area contributed by atoms with E-state index < -0.39 is 23.0 Å². The molecule has 186 valence electrons. The van der Waals surface area contributed by atoms with E-state index in [4.69, 9.17) is 4.74 Å². The zero-order chi connectivity index (χ0) is 24.8. The van der Waals surface area contributed by atoms with E-state index in [1.807, 2.05) is 6.07 Å². The van der Waals surface area contributed by atoms with Gasteiger partial charge in [0.25, 0.3) is 5.69 Å².